The highest BCUT2D eigenvalue weighted by Gasteiger charge is 2.13. The van der Waals surface area contributed by atoms with E-state index in [4.69, 9.17) is 5.41 Å². The fourth-order valence-electron chi connectivity index (χ4n) is 1.58. The van der Waals surface area contributed by atoms with E-state index < -0.39 is 0 Å². The first-order valence-electron chi connectivity index (χ1n) is 7.08. The van der Waals surface area contributed by atoms with Crippen molar-refractivity contribution in [2.45, 2.75) is 24.8 Å². The van der Waals surface area contributed by atoms with Gasteiger partial charge in [0, 0.05) is 35.5 Å². The molecule has 1 heterocycles. The zero-order valence-corrected chi connectivity index (χ0v) is 14.2. The van der Waals surface area contributed by atoms with Gasteiger partial charge in [0.1, 0.15) is 0 Å². The van der Waals surface area contributed by atoms with Crippen LogP contribution in [0.5, 0.6) is 0 Å². The predicted molar refractivity (Wildman–Crippen MR) is 97.3 cm³/mol. The molecule has 0 spiro atoms. The predicted octanol–water partition coefficient (Wildman–Crippen LogP) is 4.67. The Kier molecular flexibility index (Phi) is 8.00. The highest BCUT2D eigenvalue weighted by atomic mass is 32.2. The number of allylic oxidation sites excluding steroid dienone is 5. The summed E-state index contributed by atoms with van der Waals surface area (Å²) in [5.41, 5.74) is 0.679. The lowest BCUT2D eigenvalue weighted by molar-refractivity contribution is 0.403. The smallest absolute Gasteiger partial charge is 0.0568 e. The van der Waals surface area contributed by atoms with Crippen molar-refractivity contribution < 1.29 is 0 Å². The van der Waals surface area contributed by atoms with Gasteiger partial charge >= 0.3 is 0 Å². The Balaban J connectivity index is 2.89. The van der Waals surface area contributed by atoms with E-state index in [-0.39, 0.29) is 6.04 Å². The van der Waals surface area contributed by atoms with Gasteiger partial charge in [0.15, 0.2) is 0 Å². The van der Waals surface area contributed by atoms with E-state index in [2.05, 4.69) is 35.5 Å². The third-order valence-electron chi connectivity index (χ3n) is 3.05. The van der Waals surface area contributed by atoms with Gasteiger partial charge in [0.05, 0.1) is 6.04 Å². The third kappa shape index (κ3) is 6.14. The molecule has 3 nitrogen and oxygen atoms in total. The second-order valence-electron chi connectivity index (χ2n) is 4.76. The van der Waals surface area contributed by atoms with Crippen LogP contribution in [0.15, 0.2) is 77.0 Å². The highest BCUT2D eigenvalue weighted by molar-refractivity contribution is 8.03. The van der Waals surface area contributed by atoms with Crippen molar-refractivity contribution >= 4 is 18.0 Å². The van der Waals surface area contributed by atoms with Gasteiger partial charge < -0.3 is 10.3 Å². The van der Waals surface area contributed by atoms with E-state index in [9.17, 15) is 0 Å². The highest BCUT2D eigenvalue weighted by Crippen LogP contribution is 2.30. The summed E-state index contributed by atoms with van der Waals surface area (Å²) in [6.45, 7) is 7.93. The van der Waals surface area contributed by atoms with E-state index in [1.807, 2.05) is 50.7 Å². The molecule has 0 aliphatic heterocycles. The molecule has 0 aromatic carbocycles. The van der Waals surface area contributed by atoms with Crippen LogP contribution in [0.3, 0.4) is 0 Å². The summed E-state index contributed by atoms with van der Waals surface area (Å²) in [6.07, 6.45) is 14.9. The SMILES string of the molecule is C=C(C=N)/C=C\N(C)C(C)/C(=C\C=C/C)Sc1cccnc1. The van der Waals surface area contributed by atoms with Gasteiger partial charge in [0.2, 0.25) is 0 Å². The van der Waals surface area contributed by atoms with Crippen molar-refractivity contribution in [3.8, 4) is 0 Å². The van der Waals surface area contributed by atoms with Gasteiger partial charge in [-0.15, -0.1) is 0 Å². The maximum atomic E-state index is 7.16. The molecule has 0 aliphatic rings. The Morgan fingerprint density at radius 2 is 2.27 bits per heavy atom. The number of likely N-dealkylation sites (N-methyl/N-ethyl adjacent to an activating group) is 1. The van der Waals surface area contributed by atoms with Crippen LogP contribution in [0.1, 0.15) is 13.8 Å². The second kappa shape index (κ2) is 9.79. The quantitative estimate of drug-likeness (QED) is 0.430. The first-order valence-corrected chi connectivity index (χ1v) is 7.90. The molecule has 1 aromatic rings. The van der Waals surface area contributed by atoms with Gasteiger partial charge in [-0.1, -0.05) is 36.6 Å². The lowest BCUT2D eigenvalue weighted by Gasteiger charge is -2.25. The average Bonchev–Trinajstić information content (AvgIpc) is 2.56. The first kappa shape index (κ1) is 18.0. The summed E-state index contributed by atoms with van der Waals surface area (Å²) < 4.78 is 0. The molecule has 0 radical (unpaired) electrons. The summed E-state index contributed by atoms with van der Waals surface area (Å²) in [6, 6.07) is 4.20. The molecule has 0 bridgehead atoms. The maximum absolute atomic E-state index is 7.16. The Morgan fingerprint density at radius 1 is 1.50 bits per heavy atom. The lowest BCUT2D eigenvalue weighted by Crippen LogP contribution is -2.24. The minimum atomic E-state index is 0.205. The molecule has 0 amide bonds. The summed E-state index contributed by atoms with van der Waals surface area (Å²) in [5.74, 6) is 0. The Labute approximate surface area is 137 Å². The van der Waals surface area contributed by atoms with E-state index in [0.717, 1.165) is 4.90 Å². The fraction of sp³-hybridized carbons (Fsp3) is 0.222. The van der Waals surface area contributed by atoms with Crippen molar-refractivity contribution in [2.24, 2.45) is 0 Å². The third-order valence-corrected chi connectivity index (χ3v) is 4.24. The van der Waals surface area contributed by atoms with Crippen LogP contribution >= 0.6 is 11.8 Å². The van der Waals surface area contributed by atoms with Crippen molar-refractivity contribution in [1.29, 1.82) is 5.41 Å². The largest absolute Gasteiger partial charge is 0.373 e. The van der Waals surface area contributed by atoms with Crippen LogP contribution in [0, 0.1) is 5.41 Å². The van der Waals surface area contributed by atoms with Crippen LogP contribution < -0.4 is 0 Å². The molecule has 0 saturated heterocycles. The average molecular weight is 313 g/mol. The molecule has 1 rings (SSSR count). The van der Waals surface area contributed by atoms with Crippen molar-refractivity contribution in [3.63, 3.8) is 0 Å². The summed E-state index contributed by atoms with van der Waals surface area (Å²) in [5, 5.41) is 7.16. The van der Waals surface area contributed by atoms with Gasteiger partial charge in [-0.3, -0.25) is 4.98 Å². The molecule has 116 valence electrons. The number of hydrogen-bond acceptors (Lipinski definition) is 4. The fourth-order valence-corrected chi connectivity index (χ4v) is 2.60. The zero-order valence-electron chi connectivity index (χ0n) is 13.4. The summed E-state index contributed by atoms with van der Waals surface area (Å²) in [7, 11) is 2.02. The van der Waals surface area contributed by atoms with Gasteiger partial charge in [-0.05, 0) is 43.8 Å². The number of rotatable bonds is 8. The lowest BCUT2D eigenvalue weighted by atomic mass is 10.2. The van der Waals surface area contributed by atoms with Crippen molar-refractivity contribution in [2.75, 3.05) is 7.05 Å². The number of nitrogens with zero attached hydrogens (tertiary/aromatic N) is 2. The zero-order chi connectivity index (χ0) is 16.4. The molecule has 1 N–H and O–H groups in total. The van der Waals surface area contributed by atoms with Crippen molar-refractivity contribution in [1.82, 2.24) is 9.88 Å². The number of pyridine rings is 1. The Morgan fingerprint density at radius 3 is 2.86 bits per heavy atom. The Bertz CT molecular complexity index is 573. The van der Waals surface area contributed by atoms with Gasteiger partial charge in [0.25, 0.3) is 0 Å². The number of hydrogen-bond donors (Lipinski definition) is 1. The maximum Gasteiger partial charge on any atom is 0.0568 e. The topological polar surface area (TPSA) is 40.0 Å². The summed E-state index contributed by atoms with van der Waals surface area (Å²) in [4.78, 5) is 8.61. The molecule has 1 atom stereocenters. The van der Waals surface area contributed by atoms with Gasteiger partial charge in [-0.25, -0.2) is 0 Å². The first-order chi connectivity index (χ1) is 10.6. The molecule has 1 unspecified atom stereocenters. The van der Waals surface area contributed by atoms with E-state index in [0.29, 0.717) is 5.57 Å². The van der Waals surface area contributed by atoms with E-state index in [1.165, 1.54) is 11.1 Å². The molecule has 0 aliphatic carbocycles. The molecule has 0 fully saturated rings. The molecular weight excluding hydrogens is 290 g/mol. The molecule has 4 heteroatoms. The molecule has 0 saturated carbocycles. The molecule has 1 aromatic heterocycles. The van der Waals surface area contributed by atoms with E-state index in [1.54, 1.807) is 18.0 Å². The number of nitrogens with one attached hydrogen (secondary N) is 1. The number of thioether (sulfide) groups is 1. The van der Waals surface area contributed by atoms with Crippen LogP contribution in [0.25, 0.3) is 0 Å². The van der Waals surface area contributed by atoms with Crippen LogP contribution in [-0.4, -0.2) is 29.2 Å². The van der Waals surface area contributed by atoms with Crippen LogP contribution in [0.2, 0.25) is 0 Å². The standard InChI is InChI=1S/C18H23N3S/c1-5-6-9-18(22-17-8-7-11-20-14-17)16(3)21(4)12-10-15(2)13-19/h5-14,16,19H,2H2,1,3-4H3/b6-5-,12-10-,18-9+,19-13?. The van der Waals surface area contributed by atoms with Crippen LogP contribution in [0.4, 0.5) is 0 Å². The summed E-state index contributed by atoms with van der Waals surface area (Å²) >= 11 is 1.71. The normalized spacial score (nSPS) is 13.5. The van der Waals surface area contributed by atoms with Crippen molar-refractivity contribution in [3.05, 3.63) is 72.1 Å². The number of aromatic nitrogens is 1. The molecule has 22 heavy (non-hydrogen) atoms. The van der Waals surface area contributed by atoms with Crippen LogP contribution in [-0.2, 0) is 0 Å². The van der Waals surface area contributed by atoms with E-state index >= 15 is 0 Å². The van der Waals surface area contributed by atoms with Gasteiger partial charge in [-0.2, -0.15) is 0 Å². The molecular formula is C18H23N3S. The Hall–Kier alpha value is -2.07. The second-order valence-corrected chi connectivity index (χ2v) is 5.91. The minimum Gasteiger partial charge on any atom is -0.373 e. The minimum absolute atomic E-state index is 0.205. The monoisotopic (exact) mass is 313 g/mol.